The van der Waals surface area contributed by atoms with Gasteiger partial charge in [-0.2, -0.15) is 0 Å². The Morgan fingerprint density at radius 3 is 2.70 bits per heavy atom. The predicted octanol–water partition coefficient (Wildman–Crippen LogP) is 2.94. The standard InChI is InChI=1S/C16H30N2O2/c1-6-18(8-9-19-7-2)12-15-10-16(20-14(15)5)11-17-13(3)4/h10,13,17H,6-9,11-12H2,1-5H3. The van der Waals surface area contributed by atoms with Gasteiger partial charge in [0.2, 0.25) is 0 Å². The smallest absolute Gasteiger partial charge is 0.118 e. The van der Waals surface area contributed by atoms with Crippen LogP contribution in [0.4, 0.5) is 0 Å². The van der Waals surface area contributed by atoms with Crippen LogP contribution in [0.25, 0.3) is 0 Å². The Labute approximate surface area is 123 Å². The van der Waals surface area contributed by atoms with Gasteiger partial charge in [0.15, 0.2) is 0 Å². The number of nitrogens with zero attached hydrogens (tertiary/aromatic N) is 1. The molecule has 0 aliphatic carbocycles. The molecule has 4 heteroatoms. The molecule has 1 N–H and O–H groups in total. The summed E-state index contributed by atoms with van der Waals surface area (Å²) in [5, 5.41) is 3.38. The molecule has 0 radical (unpaired) electrons. The maximum Gasteiger partial charge on any atom is 0.118 e. The normalized spacial score (nSPS) is 11.8. The highest BCUT2D eigenvalue weighted by Crippen LogP contribution is 2.16. The number of likely N-dealkylation sites (N-methyl/N-ethyl adjacent to an activating group) is 1. The number of hydrogen-bond donors (Lipinski definition) is 1. The molecule has 0 atom stereocenters. The molecular weight excluding hydrogens is 252 g/mol. The van der Waals surface area contributed by atoms with Gasteiger partial charge >= 0.3 is 0 Å². The Morgan fingerprint density at radius 2 is 2.10 bits per heavy atom. The van der Waals surface area contributed by atoms with E-state index < -0.39 is 0 Å². The van der Waals surface area contributed by atoms with Crippen LogP contribution in [0.3, 0.4) is 0 Å². The van der Waals surface area contributed by atoms with Crippen LogP contribution in [0.5, 0.6) is 0 Å². The molecule has 0 bridgehead atoms. The number of aryl methyl sites for hydroxylation is 1. The van der Waals surface area contributed by atoms with E-state index in [2.05, 4.69) is 37.1 Å². The Morgan fingerprint density at radius 1 is 1.35 bits per heavy atom. The molecule has 1 aromatic heterocycles. The summed E-state index contributed by atoms with van der Waals surface area (Å²) in [5.74, 6) is 2.05. The molecule has 4 nitrogen and oxygen atoms in total. The van der Waals surface area contributed by atoms with E-state index in [1.165, 1.54) is 5.56 Å². The second kappa shape index (κ2) is 9.16. The summed E-state index contributed by atoms with van der Waals surface area (Å²) >= 11 is 0. The van der Waals surface area contributed by atoms with Crippen molar-refractivity contribution in [1.82, 2.24) is 10.2 Å². The van der Waals surface area contributed by atoms with Crippen molar-refractivity contribution in [2.24, 2.45) is 0 Å². The van der Waals surface area contributed by atoms with Crippen LogP contribution < -0.4 is 5.32 Å². The Kier molecular flexibility index (Phi) is 7.88. The molecule has 20 heavy (non-hydrogen) atoms. The van der Waals surface area contributed by atoms with Crippen molar-refractivity contribution in [1.29, 1.82) is 0 Å². The van der Waals surface area contributed by atoms with E-state index >= 15 is 0 Å². The van der Waals surface area contributed by atoms with Crippen molar-refractivity contribution in [3.05, 3.63) is 23.2 Å². The first-order chi connectivity index (χ1) is 9.56. The highest BCUT2D eigenvalue weighted by molar-refractivity contribution is 5.20. The second-order valence-corrected chi connectivity index (χ2v) is 5.40. The van der Waals surface area contributed by atoms with E-state index in [4.69, 9.17) is 9.15 Å². The molecule has 116 valence electrons. The van der Waals surface area contributed by atoms with Crippen molar-refractivity contribution < 1.29 is 9.15 Å². The number of hydrogen-bond acceptors (Lipinski definition) is 4. The van der Waals surface area contributed by atoms with Crippen LogP contribution in [0, 0.1) is 6.92 Å². The molecule has 0 spiro atoms. The lowest BCUT2D eigenvalue weighted by molar-refractivity contribution is 0.112. The van der Waals surface area contributed by atoms with Crippen molar-refractivity contribution >= 4 is 0 Å². The van der Waals surface area contributed by atoms with Crippen molar-refractivity contribution in [2.75, 3.05) is 26.3 Å². The first-order valence-electron chi connectivity index (χ1n) is 7.68. The largest absolute Gasteiger partial charge is 0.465 e. The molecule has 1 rings (SSSR count). The average Bonchev–Trinajstić information content (AvgIpc) is 2.76. The Bertz CT molecular complexity index is 375. The SMILES string of the molecule is CCOCCN(CC)Cc1cc(CNC(C)C)oc1C. The molecule has 1 heterocycles. The highest BCUT2D eigenvalue weighted by atomic mass is 16.5. The quantitative estimate of drug-likeness (QED) is 0.670. The summed E-state index contributed by atoms with van der Waals surface area (Å²) in [5.41, 5.74) is 1.28. The molecule has 0 fully saturated rings. The fourth-order valence-corrected chi connectivity index (χ4v) is 2.06. The van der Waals surface area contributed by atoms with Crippen LogP contribution in [0.1, 0.15) is 44.8 Å². The van der Waals surface area contributed by atoms with Crippen LogP contribution in [-0.2, 0) is 17.8 Å². The third-order valence-corrected chi connectivity index (χ3v) is 3.35. The fourth-order valence-electron chi connectivity index (χ4n) is 2.06. The third kappa shape index (κ3) is 6.07. The van der Waals surface area contributed by atoms with Crippen molar-refractivity contribution in [3.63, 3.8) is 0 Å². The van der Waals surface area contributed by atoms with Gasteiger partial charge in [0.1, 0.15) is 11.5 Å². The van der Waals surface area contributed by atoms with Gasteiger partial charge in [-0.05, 0) is 26.5 Å². The van der Waals surface area contributed by atoms with E-state index in [0.717, 1.165) is 50.9 Å². The zero-order chi connectivity index (χ0) is 15.0. The second-order valence-electron chi connectivity index (χ2n) is 5.40. The first kappa shape index (κ1) is 17.2. The lowest BCUT2D eigenvalue weighted by Gasteiger charge is -2.19. The van der Waals surface area contributed by atoms with Gasteiger partial charge in [0.25, 0.3) is 0 Å². The van der Waals surface area contributed by atoms with Crippen molar-refractivity contribution in [2.45, 2.75) is 53.8 Å². The molecule has 0 aliphatic rings. The van der Waals surface area contributed by atoms with Crippen LogP contribution in [0.15, 0.2) is 10.5 Å². The lowest BCUT2D eigenvalue weighted by atomic mass is 10.2. The molecule has 0 aromatic carbocycles. The topological polar surface area (TPSA) is 37.6 Å². The molecule has 0 unspecified atom stereocenters. The summed E-state index contributed by atoms with van der Waals surface area (Å²) in [7, 11) is 0. The minimum absolute atomic E-state index is 0.474. The zero-order valence-electron chi connectivity index (χ0n) is 13.7. The van der Waals surface area contributed by atoms with E-state index in [0.29, 0.717) is 6.04 Å². The summed E-state index contributed by atoms with van der Waals surface area (Å²) in [6.45, 7) is 15.8. The molecule has 0 amide bonds. The van der Waals surface area contributed by atoms with Gasteiger partial charge in [-0.3, -0.25) is 4.90 Å². The van der Waals surface area contributed by atoms with E-state index in [1.54, 1.807) is 0 Å². The number of furan rings is 1. The van der Waals surface area contributed by atoms with Gasteiger partial charge in [0.05, 0.1) is 13.2 Å². The minimum Gasteiger partial charge on any atom is -0.465 e. The van der Waals surface area contributed by atoms with Gasteiger partial charge in [-0.1, -0.05) is 20.8 Å². The molecule has 0 aliphatic heterocycles. The van der Waals surface area contributed by atoms with Crippen LogP contribution >= 0.6 is 0 Å². The van der Waals surface area contributed by atoms with Gasteiger partial charge in [-0.15, -0.1) is 0 Å². The maximum atomic E-state index is 5.82. The lowest BCUT2D eigenvalue weighted by Crippen LogP contribution is -2.27. The van der Waals surface area contributed by atoms with Gasteiger partial charge < -0.3 is 14.5 Å². The van der Waals surface area contributed by atoms with E-state index in [-0.39, 0.29) is 0 Å². The van der Waals surface area contributed by atoms with Crippen LogP contribution in [0.2, 0.25) is 0 Å². The molecule has 0 saturated heterocycles. The molecular formula is C16H30N2O2. The third-order valence-electron chi connectivity index (χ3n) is 3.35. The average molecular weight is 282 g/mol. The summed E-state index contributed by atoms with van der Waals surface area (Å²) in [6.07, 6.45) is 0. The first-order valence-corrected chi connectivity index (χ1v) is 7.68. The van der Waals surface area contributed by atoms with Crippen molar-refractivity contribution in [3.8, 4) is 0 Å². The maximum absolute atomic E-state index is 5.82. The van der Waals surface area contributed by atoms with Gasteiger partial charge in [-0.25, -0.2) is 0 Å². The predicted molar refractivity (Wildman–Crippen MR) is 82.9 cm³/mol. The fraction of sp³-hybridized carbons (Fsp3) is 0.750. The van der Waals surface area contributed by atoms with E-state index in [1.807, 2.05) is 13.8 Å². The van der Waals surface area contributed by atoms with E-state index in [9.17, 15) is 0 Å². The highest BCUT2D eigenvalue weighted by Gasteiger charge is 2.11. The number of nitrogens with one attached hydrogen (secondary N) is 1. The summed E-state index contributed by atoms with van der Waals surface area (Å²) in [6, 6.07) is 2.65. The number of ether oxygens (including phenoxy) is 1. The zero-order valence-corrected chi connectivity index (χ0v) is 13.7. The van der Waals surface area contributed by atoms with Gasteiger partial charge in [0, 0.05) is 31.3 Å². The monoisotopic (exact) mass is 282 g/mol. The summed E-state index contributed by atoms with van der Waals surface area (Å²) < 4.78 is 11.2. The van der Waals surface area contributed by atoms with Crippen LogP contribution in [-0.4, -0.2) is 37.2 Å². The Balaban J connectivity index is 2.52. The molecule has 1 aromatic rings. The Hall–Kier alpha value is -0.840. The molecule has 0 saturated carbocycles. The minimum atomic E-state index is 0.474. The number of rotatable bonds is 10. The summed E-state index contributed by atoms with van der Waals surface area (Å²) in [4.78, 5) is 2.38.